The lowest BCUT2D eigenvalue weighted by atomic mass is 10.3. The summed E-state index contributed by atoms with van der Waals surface area (Å²) >= 11 is 0. The van der Waals surface area contributed by atoms with Gasteiger partial charge in [-0.25, -0.2) is 4.98 Å². The van der Waals surface area contributed by atoms with E-state index in [1.165, 1.54) is 12.3 Å². The van der Waals surface area contributed by atoms with E-state index in [1.807, 2.05) is 0 Å². The van der Waals surface area contributed by atoms with Gasteiger partial charge in [-0.2, -0.15) is 0 Å². The molecule has 0 unspecified atom stereocenters. The van der Waals surface area contributed by atoms with Crippen molar-refractivity contribution in [2.24, 2.45) is 0 Å². The Hall–Kier alpha value is -1.35. The van der Waals surface area contributed by atoms with Crippen molar-refractivity contribution in [1.82, 2.24) is 9.38 Å². The van der Waals surface area contributed by atoms with E-state index in [1.54, 1.807) is 22.9 Å². The highest BCUT2D eigenvalue weighted by atomic mass is 16.3. The quantitative estimate of drug-likeness (QED) is 0.653. The molecule has 0 radical (unpaired) electrons. The maximum Gasteiger partial charge on any atom is 0.136 e. The molecule has 11 heavy (non-hydrogen) atoms. The van der Waals surface area contributed by atoms with E-state index in [0.717, 1.165) is 5.65 Å². The monoisotopic (exact) mass is 150 g/mol. The summed E-state index contributed by atoms with van der Waals surface area (Å²) in [6.45, 7) is -2.29. The highest BCUT2D eigenvalue weighted by Crippen LogP contribution is 2.03. The summed E-state index contributed by atoms with van der Waals surface area (Å²) in [5.41, 5.74) is 0.950. The van der Waals surface area contributed by atoms with Gasteiger partial charge in [0.2, 0.25) is 0 Å². The minimum Gasteiger partial charge on any atom is -0.392 e. The third-order valence-electron chi connectivity index (χ3n) is 1.52. The molecule has 0 amide bonds. The molecule has 0 spiro atoms. The van der Waals surface area contributed by atoms with Crippen molar-refractivity contribution in [2.45, 2.75) is 6.56 Å². The summed E-state index contributed by atoms with van der Waals surface area (Å²) in [4.78, 5) is 4.00. The van der Waals surface area contributed by atoms with E-state index in [-0.39, 0.29) is 5.56 Å². The van der Waals surface area contributed by atoms with Crippen LogP contribution < -0.4 is 0 Å². The number of aromatic nitrogens is 2. The molecular formula is C8H8N2O. The number of hydrogen-bond donors (Lipinski definition) is 1. The van der Waals surface area contributed by atoms with Gasteiger partial charge in [-0.3, -0.25) is 0 Å². The number of hydrogen-bond acceptors (Lipinski definition) is 2. The first-order valence-corrected chi connectivity index (χ1v) is 3.23. The molecule has 2 aromatic heterocycles. The van der Waals surface area contributed by atoms with E-state index in [9.17, 15) is 0 Å². The minimum atomic E-state index is -2.29. The highest BCUT2D eigenvalue weighted by Gasteiger charge is 1.93. The van der Waals surface area contributed by atoms with E-state index in [2.05, 4.69) is 4.98 Å². The maximum atomic E-state index is 9.09. The normalized spacial score (nSPS) is 14.6. The molecule has 3 nitrogen and oxygen atoms in total. The van der Waals surface area contributed by atoms with Crippen LogP contribution >= 0.6 is 0 Å². The van der Waals surface area contributed by atoms with Crippen LogP contribution in [0.2, 0.25) is 0 Å². The Morgan fingerprint density at radius 1 is 1.64 bits per heavy atom. The van der Waals surface area contributed by atoms with Gasteiger partial charge in [0, 0.05) is 18.6 Å². The molecule has 0 aliphatic carbocycles. The molecule has 0 aromatic carbocycles. The Labute approximate surface area is 66.7 Å². The van der Waals surface area contributed by atoms with E-state index < -0.39 is 6.56 Å². The van der Waals surface area contributed by atoms with Gasteiger partial charge in [-0.15, -0.1) is 0 Å². The predicted octanol–water partition coefficient (Wildman–Crippen LogP) is 0.827. The Kier molecular flexibility index (Phi) is 0.967. The minimum absolute atomic E-state index is 0.220. The van der Waals surface area contributed by atoms with Crippen LogP contribution in [0, 0.1) is 0 Å². The standard InChI is InChI=1S/C8H8N2O/c11-6-7-1-2-8-9-3-4-10(8)5-7/h1-5,11H,6H2/i6D2. The van der Waals surface area contributed by atoms with Gasteiger partial charge in [0.15, 0.2) is 0 Å². The van der Waals surface area contributed by atoms with Crippen molar-refractivity contribution in [3.05, 3.63) is 36.3 Å². The fourth-order valence-electron chi connectivity index (χ4n) is 0.986. The average molecular weight is 150 g/mol. The summed E-state index contributed by atoms with van der Waals surface area (Å²) in [6.07, 6.45) is 4.83. The van der Waals surface area contributed by atoms with E-state index in [0.29, 0.717) is 0 Å². The molecule has 1 N–H and O–H groups in total. The smallest absolute Gasteiger partial charge is 0.136 e. The molecule has 0 saturated carbocycles. The molecule has 2 aromatic rings. The first kappa shape index (κ1) is 4.51. The fraction of sp³-hybridized carbons (Fsp3) is 0.125. The Bertz CT molecular complexity index is 433. The molecule has 0 aliphatic rings. The third-order valence-corrected chi connectivity index (χ3v) is 1.52. The number of aliphatic hydroxyl groups is 1. The largest absolute Gasteiger partial charge is 0.392 e. The second kappa shape index (κ2) is 2.36. The number of fused-ring (bicyclic) bond motifs is 1. The lowest BCUT2D eigenvalue weighted by molar-refractivity contribution is 0.281. The van der Waals surface area contributed by atoms with E-state index >= 15 is 0 Å². The van der Waals surface area contributed by atoms with Crippen molar-refractivity contribution in [2.75, 3.05) is 0 Å². The predicted molar refractivity (Wildman–Crippen MR) is 41.1 cm³/mol. The molecule has 56 valence electrons. The van der Waals surface area contributed by atoms with Crippen LogP contribution in [0.1, 0.15) is 8.30 Å². The van der Waals surface area contributed by atoms with Crippen molar-refractivity contribution in [3.8, 4) is 0 Å². The lowest BCUT2D eigenvalue weighted by Crippen LogP contribution is -1.88. The third kappa shape index (κ3) is 0.991. The summed E-state index contributed by atoms with van der Waals surface area (Å²) in [6, 6.07) is 3.17. The highest BCUT2D eigenvalue weighted by molar-refractivity contribution is 5.39. The Morgan fingerprint density at radius 2 is 2.55 bits per heavy atom. The Balaban J connectivity index is 2.61. The molecule has 0 atom stereocenters. The molecule has 0 saturated heterocycles. The summed E-state index contributed by atoms with van der Waals surface area (Å²) in [5, 5.41) is 9.09. The molecule has 0 aliphatic heterocycles. The van der Waals surface area contributed by atoms with Crippen molar-refractivity contribution < 1.29 is 7.85 Å². The second-order valence-corrected chi connectivity index (χ2v) is 2.22. The van der Waals surface area contributed by atoms with Crippen LogP contribution in [-0.4, -0.2) is 14.5 Å². The van der Waals surface area contributed by atoms with Crippen LogP contribution in [0.15, 0.2) is 30.7 Å². The average Bonchev–Trinajstić information content (AvgIpc) is 2.47. The maximum absolute atomic E-state index is 9.09. The summed E-state index contributed by atoms with van der Waals surface area (Å²) in [5.74, 6) is 0. The molecule has 0 fully saturated rings. The van der Waals surface area contributed by atoms with Gasteiger partial charge in [0.25, 0.3) is 0 Å². The first-order valence-electron chi connectivity index (χ1n) is 4.23. The van der Waals surface area contributed by atoms with Crippen LogP contribution in [0.5, 0.6) is 0 Å². The van der Waals surface area contributed by atoms with Crippen molar-refractivity contribution in [3.63, 3.8) is 0 Å². The number of pyridine rings is 1. The van der Waals surface area contributed by atoms with Crippen LogP contribution in [-0.2, 0) is 6.56 Å². The van der Waals surface area contributed by atoms with Crippen LogP contribution in [0.4, 0.5) is 0 Å². The van der Waals surface area contributed by atoms with Gasteiger partial charge >= 0.3 is 0 Å². The fourth-order valence-corrected chi connectivity index (χ4v) is 0.986. The van der Waals surface area contributed by atoms with E-state index in [4.69, 9.17) is 7.85 Å². The Morgan fingerprint density at radius 3 is 3.36 bits per heavy atom. The van der Waals surface area contributed by atoms with Crippen LogP contribution in [0.25, 0.3) is 5.65 Å². The zero-order valence-corrected chi connectivity index (χ0v) is 5.73. The van der Waals surface area contributed by atoms with Crippen molar-refractivity contribution in [1.29, 1.82) is 0 Å². The van der Waals surface area contributed by atoms with Gasteiger partial charge < -0.3 is 9.51 Å². The number of rotatable bonds is 1. The molecule has 2 rings (SSSR count). The number of nitrogens with zero attached hydrogens (tertiary/aromatic N) is 2. The van der Waals surface area contributed by atoms with Gasteiger partial charge in [-0.1, -0.05) is 6.07 Å². The molecule has 3 heteroatoms. The molecule has 0 bridgehead atoms. The molecule has 2 heterocycles. The SMILES string of the molecule is [2H]C([2H])(O)c1ccc2nccn2c1. The lowest BCUT2D eigenvalue weighted by Gasteiger charge is -1.96. The van der Waals surface area contributed by atoms with Crippen molar-refractivity contribution >= 4 is 5.65 Å². The second-order valence-electron chi connectivity index (χ2n) is 2.22. The first-order chi connectivity index (χ1) is 6.07. The van der Waals surface area contributed by atoms with Crippen LogP contribution in [0.3, 0.4) is 0 Å². The molecular weight excluding hydrogens is 140 g/mol. The topological polar surface area (TPSA) is 37.5 Å². The zero-order valence-electron chi connectivity index (χ0n) is 7.73. The van der Waals surface area contributed by atoms with Gasteiger partial charge in [0.1, 0.15) is 5.65 Å². The van der Waals surface area contributed by atoms with Gasteiger partial charge in [-0.05, 0) is 11.6 Å². The summed E-state index contributed by atoms with van der Waals surface area (Å²) in [7, 11) is 0. The number of imidazole rings is 1. The summed E-state index contributed by atoms with van der Waals surface area (Å²) < 4.78 is 15.8. The van der Waals surface area contributed by atoms with Gasteiger partial charge in [0.05, 0.1) is 9.30 Å². The zero-order chi connectivity index (χ0) is 9.47.